The molecular formula is C14H13N5S. The number of nitrogens with zero attached hydrogens (tertiary/aromatic N) is 3. The van der Waals surface area contributed by atoms with E-state index in [9.17, 15) is 0 Å². The monoisotopic (exact) mass is 283 g/mol. The van der Waals surface area contributed by atoms with Crippen LogP contribution < -0.4 is 5.43 Å². The third-order valence-corrected chi connectivity index (χ3v) is 3.55. The molecule has 0 unspecified atom stereocenters. The maximum absolute atomic E-state index is 4.28. The van der Waals surface area contributed by atoms with Gasteiger partial charge in [0.05, 0.1) is 30.1 Å². The van der Waals surface area contributed by atoms with E-state index in [-0.39, 0.29) is 0 Å². The lowest BCUT2D eigenvalue weighted by Gasteiger charge is -1.99. The van der Waals surface area contributed by atoms with E-state index >= 15 is 0 Å². The second-order valence-corrected chi connectivity index (χ2v) is 5.11. The molecule has 100 valence electrons. The van der Waals surface area contributed by atoms with Crippen LogP contribution in [0.5, 0.6) is 0 Å². The Kier molecular flexibility index (Phi) is 3.56. The number of H-pyrrole nitrogens is 1. The first-order valence-electron chi connectivity index (χ1n) is 6.11. The summed E-state index contributed by atoms with van der Waals surface area (Å²) in [6.07, 6.45) is 5.24. The van der Waals surface area contributed by atoms with Crippen molar-refractivity contribution in [3.63, 3.8) is 0 Å². The molecular weight excluding hydrogens is 270 g/mol. The van der Waals surface area contributed by atoms with Crippen LogP contribution >= 0.6 is 11.3 Å². The topological polar surface area (TPSA) is 66.0 Å². The highest BCUT2D eigenvalue weighted by atomic mass is 32.1. The predicted octanol–water partition coefficient (Wildman–Crippen LogP) is 3.29. The second kappa shape index (κ2) is 5.66. The molecule has 0 saturated carbocycles. The zero-order valence-electron chi connectivity index (χ0n) is 10.9. The molecule has 3 aromatic rings. The van der Waals surface area contributed by atoms with Gasteiger partial charge in [-0.25, -0.2) is 9.97 Å². The van der Waals surface area contributed by atoms with Crippen LogP contribution in [0, 0.1) is 6.92 Å². The minimum absolute atomic E-state index is 0.795. The summed E-state index contributed by atoms with van der Waals surface area (Å²) in [7, 11) is 0. The normalized spacial score (nSPS) is 11.1. The first kappa shape index (κ1) is 12.6. The highest BCUT2D eigenvalue weighted by molar-refractivity contribution is 7.13. The van der Waals surface area contributed by atoms with Gasteiger partial charge < -0.3 is 4.98 Å². The average molecular weight is 283 g/mol. The second-order valence-electron chi connectivity index (χ2n) is 4.25. The van der Waals surface area contributed by atoms with Gasteiger partial charge in [-0.05, 0) is 18.6 Å². The van der Waals surface area contributed by atoms with Crippen molar-refractivity contribution >= 4 is 22.7 Å². The van der Waals surface area contributed by atoms with E-state index in [2.05, 4.69) is 25.5 Å². The van der Waals surface area contributed by atoms with Gasteiger partial charge in [-0.2, -0.15) is 5.10 Å². The van der Waals surface area contributed by atoms with E-state index in [0.29, 0.717) is 0 Å². The number of benzene rings is 1. The fourth-order valence-electron chi connectivity index (χ4n) is 1.77. The van der Waals surface area contributed by atoms with E-state index in [1.807, 2.05) is 36.6 Å². The number of imidazole rings is 1. The van der Waals surface area contributed by atoms with Crippen molar-refractivity contribution in [2.45, 2.75) is 6.92 Å². The number of aryl methyl sites for hydroxylation is 1. The Balaban J connectivity index is 1.73. The number of hydrogen-bond donors (Lipinski definition) is 2. The Morgan fingerprint density at radius 1 is 1.40 bits per heavy atom. The van der Waals surface area contributed by atoms with Crippen LogP contribution in [0.3, 0.4) is 0 Å². The smallest absolute Gasteiger partial charge is 0.203 e. The predicted molar refractivity (Wildman–Crippen MR) is 82.1 cm³/mol. The molecule has 0 radical (unpaired) electrons. The van der Waals surface area contributed by atoms with Gasteiger partial charge in [0.1, 0.15) is 0 Å². The first-order chi connectivity index (χ1) is 9.81. The molecule has 2 heterocycles. The van der Waals surface area contributed by atoms with Gasteiger partial charge in [-0.3, -0.25) is 5.43 Å². The summed E-state index contributed by atoms with van der Waals surface area (Å²) in [4.78, 5) is 11.4. The van der Waals surface area contributed by atoms with Crippen molar-refractivity contribution in [2.75, 3.05) is 5.43 Å². The van der Waals surface area contributed by atoms with Crippen LogP contribution in [0.15, 0.2) is 47.3 Å². The number of anilines is 1. The molecule has 2 aromatic heterocycles. The minimum atomic E-state index is 0.795. The highest BCUT2D eigenvalue weighted by Crippen LogP contribution is 2.17. The molecule has 6 heteroatoms. The lowest BCUT2D eigenvalue weighted by Crippen LogP contribution is -1.90. The fourth-order valence-corrected chi connectivity index (χ4v) is 2.40. The van der Waals surface area contributed by atoms with Crippen molar-refractivity contribution in [2.24, 2.45) is 5.10 Å². The van der Waals surface area contributed by atoms with Crippen LogP contribution in [-0.2, 0) is 0 Å². The van der Waals surface area contributed by atoms with E-state index < -0.39 is 0 Å². The molecule has 5 nitrogen and oxygen atoms in total. The van der Waals surface area contributed by atoms with Crippen molar-refractivity contribution in [3.05, 3.63) is 53.4 Å². The molecule has 0 aliphatic carbocycles. The van der Waals surface area contributed by atoms with Gasteiger partial charge >= 0.3 is 0 Å². The molecule has 0 aliphatic heterocycles. The van der Waals surface area contributed by atoms with E-state index in [0.717, 1.165) is 27.6 Å². The third kappa shape index (κ3) is 2.92. The van der Waals surface area contributed by atoms with Gasteiger partial charge in [0.25, 0.3) is 0 Å². The molecule has 2 N–H and O–H groups in total. The molecule has 0 amide bonds. The molecule has 0 bridgehead atoms. The highest BCUT2D eigenvalue weighted by Gasteiger charge is 1.99. The van der Waals surface area contributed by atoms with Crippen molar-refractivity contribution < 1.29 is 0 Å². The van der Waals surface area contributed by atoms with Crippen molar-refractivity contribution in [1.82, 2.24) is 15.0 Å². The quantitative estimate of drug-likeness (QED) is 0.570. The number of hydrazone groups is 1. The summed E-state index contributed by atoms with van der Waals surface area (Å²) in [6, 6.07) is 8.07. The summed E-state index contributed by atoms with van der Waals surface area (Å²) in [5, 5.41) is 6.97. The van der Waals surface area contributed by atoms with Gasteiger partial charge in [0.2, 0.25) is 5.13 Å². The van der Waals surface area contributed by atoms with E-state index in [1.54, 1.807) is 18.7 Å². The maximum Gasteiger partial charge on any atom is 0.203 e. The van der Waals surface area contributed by atoms with Gasteiger partial charge in [0.15, 0.2) is 0 Å². The molecule has 0 spiro atoms. The van der Waals surface area contributed by atoms with Crippen LogP contribution in [0.2, 0.25) is 0 Å². The van der Waals surface area contributed by atoms with Crippen molar-refractivity contribution in [3.8, 4) is 11.3 Å². The van der Waals surface area contributed by atoms with Crippen LogP contribution in [-0.4, -0.2) is 21.2 Å². The first-order valence-corrected chi connectivity index (χ1v) is 6.99. The molecule has 0 atom stereocenters. The van der Waals surface area contributed by atoms with E-state index in [4.69, 9.17) is 0 Å². The zero-order chi connectivity index (χ0) is 13.8. The Morgan fingerprint density at radius 3 is 3.10 bits per heavy atom. The van der Waals surface area contributed by atoms with Gasteiger partial charge in [-0.15, -0.1) is 11.3 Å². The lowest BCUT2D eigenvalue weighted by molar-refractivity contribution is 1.22. The molecule has 0 saturated heterocycles. The SMILES string of the molecule is Cc1csc(NN=Cc2cccc(-c3cnc[nH]3)c2)n1. The van der Waals surface area contributed by atoms with Crippen molar-refractivity contribution in [1.29, 1.82) is 0 Å². The number of hydrogen-bond acceptors (Lipinski definition) is 5. The average Bonchev–Trinajstić information content (AvgIpc) is 3.11. The number of rotatable bonds is 4. The Labute approximate surface area is 120 Å². The summed E-state index contributed by atoms with van der Waals surface area (Å²) >= 11 is 1.54. The Bertz CT molecular complexity index is 715. The summed E-state index contributed by atoms with van der Waals surface area (Å²) < 4.78 is 0. The van der Waals surface area contributed by atoms with Gasteiger partial charge in [0, 0.05) is 10.9 Å². The van der Waals surface area contributed by atoms with Gasteiger partial charge in [-0.1, -0.05) is 18.2 Å². The molecule has 3 rings (SSSR count). The zero-order valence-corrected chi connectivity index (χ0v) is 11.7. The Morgan fingerprint density at radius 2 is 2.35 bits per heavy atom. The van der Waals surface area contributed by atoms with E-state index in [1.165, 1.54) is 11.3 Å². The maximum atomic E-state index is 4.28. The summed E-state index contributed by atoms with van der Waals surface area (Å²) in [5.74, 6) is 0. The number of aromatic nitrogens is 3. The number of nitrogens with one attached hydrogen (secondary N) is 2. The van der Waals surface area contributed by atoms with Crippen LogP contribution in [0.25, 0.3) is 11.3 Å². The van der Waals surface area contributed by atoms with Crippen LogP contribution in [0.1, 0.15) is 11.3 Å². The molecule has 1 aromatic carbocycles. The summed E-state index contributed by atoms with van der Waals surface area (Å²) in [6.45, 7) is 1.96. The van der Waals surface area contributed by atoms with Crippen LogP contribution in [0.4, 0.5) is 5.13 Å². The molecule has 0 fully saturated rings. The largest absolute Gasteiger partial charge is 0.345 e. The summed E-state index contributed by atoms with van der Waals surface area (Å²) in [5.41, 5.74) is 7.00. The molecule has 0 aliphatic rings. The fraction of sp³-hybridized carbons (Fsp3) is 0.0714. The number of aromatic amines is 1. The Hall–Kier alpha value is -2.47. The standard InChI is InChI=1S/C14H13N5S/c1-10-8-20-14(18-10)19-17-6-11-3-2-4-12(5-11)13-7-15-9-16-13/h2-9H,1H3,(H,15,16)(H,18,19). The third-order valence-electron chi connectivity index (χ3n) is 2.69. The minimum Gasteiger partial charge on any atom is -0.345 e. The lowest BCUT2D eigenvalue weighted by atomic mass is 10.1. The number of thiazole rings is 1. The molecule has 20 heavy (non-hydrogen) atoms.